The van der Waals surface area contributed by atoms with Gasteiger partial charge in [0, 0.05) is 6.42 Å². The van der Waals surface area contributed by atoms with E-state index in [1.165, 1.54) is 0 Å². The minimum Gasteiger partial charge on any atom is -0.489 e. The number of fused-ring (bicyclic) bond motifs is 1. The van der Waals surface area contributed by atoms with E-state index in [1.807, 2.05) is 115 Å². The number of carbonyl (C=O) groups excluding carboxylic acids is 1. The van der Waals surface area contributed by atoms with Crippen molar-refractivity contribution in [2.45, 2.75) is 32.3 Å². The van der Waals surface area contributed by atoms with Crippen molar-refractivity contribution in [3.8, 4) is 23.0 Å². The van der Waals surface area contributed by atoms with Crippen LogP contribution in [0.3, 0.4) is 0 Å². The van der Waals surface area contributed by atoms with Crippen molar-refractivity contribution in [1.82, 2.24) is 0 Å². The summed E-state index contributed by atoms with van der Waals surface area (Å²) >= 11 is 0. The number of hydrogen-bond acceptors (Lipinski definition) is 6. The third kappa shape index (κ3) is 7.35. The summed E-state index contributed by atoms with van der Waals surface area (Å²) in [6, 6.07) is 40.7. The quantitative estimate of drug-likeness (QED) is 0.152. The number of para-hydroxylation sites is 1. The fourth-order valence-electron chi connectivity index (χ4n) is 4.85. The smallest absolute Gasteiger partial charge is 0.338 e. The van der Waals surface area contributed by atoms with E-state index >= 15 is 0 Å². The van der Waals surface area contributed by atoms with E-state index in [9.17, 15) is 4.79 Å². The molecule has 6 nitrogen and oxygen atoms in total. The monoisotopic (exact) mass is 572 g/mol. The molecule has 0 saturated heterocycles. The van der Waals surface area contributed by atoms with Crippen molar-refractivity contribution in [1.29, 1.82) is 0 Å². The molecule has 1 unspecified atom stereocenters. The van der Waals surface area contributed by atoms with Crippen molar-refractivity contribution in [3.63, 3.8) is 0 Å². The molecule has 216 valence electrons. The Balaban J connectivity index is 1.30. The summed E-state index contributed by atoms with van der Waals surface area (Å²) in [7, 11) is 0. The molecule has 5 aromatic carbocycles. The third-order valence-electron chi connectivity index (χ3n) is 7.08. The van der Waals surface area contributed by atoms with Crippen LogP contribution in [0.1, 0.15) is 32.6 Å². The van der Waals surface area contributed by atoms with Gasteiger partial charge in [0.2, 0.25) is 5.75 Å². The summed E-state index contributed by atoms with van der Waals surface area (Å²) in [4.78, 5) is 13.5. The highest BCUT2D eigenvalue weighted by molar-refractivity contribution is 5.91. The number of esters is 1. The zero-order chi connectivity index (χ0) is 29.3. The molecular formula is C37H32O6. The van der Waals surface area contributed by atoms with Gasteiger partial charge in [-0.2, -0.15) is 0 Å². The van der Waals surface area contributed by atoms with Gasteiger partial charge in [-0.25, -0.2) is 4.79 Å². The first kappa shape index (κ1) is 27.9. The molecule has 0 aromatic heterocycles. The van der Waals surface area contributed by atoms with Gasteiger partial charge in [0.25, 0.3) is 0 Å². The number of carbonyl (C=O) groups is 1. The van der Waals surface area contributed by atoms with Crippen LogP contribution in [-0.4, -0.2) is 18.7 Å². The van der Waals surface area contributed by atoms with Crippen molar-refractivity contribution < 1.29 is 28.5 Å². The summed E-state index contributed by atoms with van der Waals surface area (Å²) in [6.07, 6.45) is 0.160. The van der Waals surface area contributed by atoms with Gasteiger partial charge in [0.15, 0.2) is 11.5 Å². The van der Waals surface area contributed by atoms with Gasteiger partial charge in [0.1, 0.15) is 38.3 Å². The Bertz CT molecular complexity index is 1570. The molecule has 0 bridgehead atoms. The van der Waals surface area contributed by atoms with Crippen LogP contribution in [0.2, 0.25) is 0 Å². The fraction of sp³-hybridized carbons (Fsp3) is 0.162. The van der Waals surface area contributed by atoms with Crippen molar-refractivity contribution in [2.75, 3.05) is 6.61 Å². The molecule has 43 heavy (non-hydrogen) atoms. The summed E-state index contributed by atoms with van der Waals surface area (Å²) in [5.41, 5.74) is 4.27. The standard InChI is InChI=1S/C37H32O6/c38-37(43-32-20-30-18-10-11-19-33(30)41-26-32)31-21-34(39-23-27-12-4-1-5-13-27)36(42-25-29-16-8-3-9-17-29)35(22-31)40-24-28-14-6-2-7-15-28/h1-19,21-22,32H,20,23-26H2. The van der Waals surface area contributed by atoms with E-state index in [0.717, 1.165) is 28.0 Å². The summed E-state index contributed by atoms with van der Waals surface area (Å²) in [6.45, 7) is 1.15. The molecule has 6 rings (SSSR count). The molecule has 0 N–H and O–H groups in total. The summed E-state index contributed by atoms with van der Waals surface area (Å²) in [5, 5.41) is 0. The molecule has 1 atom stereocenters. The molecule has 1 aliphatic heterocycles. The highest BCUT2D eigenvalue weighted by atomic mass is 16.6. The van der Waals surface area contributed by atoms with Crippen LogP contribution in [0, 0.1) is 0 Å². The highest BCUT2D eigenvalue weighted by Crippen LogP contribution is 2.41. The van der Waals surface area contributed by atoms with E-state index < -0.39 is 12.1 Å². The van der Waals surface area contributed by atoms with Gasteiger partial charge < -0.3 is 23.7 Å². The average Bonchev–Trinajstić information content (AvgIpc) is 3.07. The Kier molecular flexibility index (Phi) is 8.84. The van der Waals surface area contributed by atoms with Gasteiger partial charge in [-0.15, -0.1) is 0 Å². The van der Waals surface area contributed by atoms with E-state index in [-0.39, 0.29) is 19.8 Å². The van der Waals surface area contributed by atoms with E-state index in [1.54, 1.807) is 12.1 Å². The first-order valence-corrected chi connectivity index (χ1v) is 14.3. The van der Waals surface area contributed by atoms with Gasteiger partial charge in [-0.1, -0.05) is 109 Å². The molecule has 1 heterocycles. The number of ether oxygens (including phenoxy) is 5. The Hall–Kier alpha value is -5.23. The average molecular weight is 573 g/mol. The van der Waals surface area contributed by atoms with Crippen LogP contribution >= 0.6 is 0 Å². The van der Waals surface area contributed by atoms with Crippen LogP contribution in [0.15, 0.2) is 127 Å². The molecule has 0 saturated carbocycles. The SMILES string of the molecule is O=C(OC1COc2ccccc2C1)c1cc(OCc2ccccc2)c(OCc2ccccc2)c(OCc2ccccc2)c1. The summed E-state index contributed by atoms with van der Waals surface area (Å²) < 4.78 is 30.7. The lowest BCUT2D eigenvalue weighted by molar-refractivity contribution is 0.0131. The predicted molar refractivity (Wildman–Crippen MR) is 164 cm³/mol. The van der Waals surface area contributed by atoms with Gasteiger partial charge in [0.05, 0.1) is 5.56 Å². The predicted octanol–water partition coefficient (Wildman–Crippen LogP) is 7.58. The maximum absolute atomic E-state index is 13.5. The molecule has 0 spiro atoms. The minimum atomic E-state index is -0.489. The molecule has 0 aliphatic carbocycles. The van der Waals surface area contributed by atoms with E-state index in [2.05, 4.69) is 0 Å². The van der Waals surface area contributed by atoms with E-state index in [0.29, 0.717) is 35.8 Å². The third-order valence-corrected chi connectivity index (χ3v) is 7.08. The molecule has 5 aromatic rings. The zero-order valence-corrected chi connectivity index (χ0v) is 23.7. The van der Waals surface area contributed by atoms with Crippen LogP contribution in [0.4, 0.5) is 0 Å². The lowest BCUT2D eigenvalue weighted by Gasteiger charge is -2.25. The van der Waals surface area contributed by atoms with Gasteiger partial charge in [-0.05, 0) is 40.5 Å². The van der Waals surface area contributed by atoms with Crippen LogP contribution in [-0.2, 0) is 31.0 Å². The van der Waals surface area contributed by atoms with Crippen LogP contribution in [0.5, 0.6) is 23.0 Å². The Morgan fingerprint density at radius 1 is 0.628 bits per heavy atom. The van der Waals surface area contributed by atoms with Gasteiger partial charge >= 0.3 is 5.97 Å². The first-order chi connectivity index (χ1) is 21.2. The minimum absolute atomic E-state index is 0.284. The number of rotatable bonds is 11. The Labute approximate surface area is 251 Å². The molecule has 0 fully saturated rings. The second kappa shape index (κ2) is 13.6. The topological polar surface area (TPSA) is 63.2 Å². The molecule has 0 radical (unpaired) electrons. The van der Waals surface area contributed by atoms with Crippen molar-refractivity contribution >= 4 is 5.97 Å². The van der Waals surface area contributed by atoms with Gasteiger partial charge in [-0.3, -0.25) is 0 Å². The first-order valence-electron chi connectivity index (χ1n) is 14.3. The highest BCUT2D eigenvalue weighted by Gasteiger charge is 2.26. The van der Waals surface area contributed by atoms with Crippen LogP contribution < -0.4 is 18.9 Å². The zero-order valence-electron chi connectivity index (χ0n) is 23.7. The lowest BCUT2D eigenvalue weighted by atomic mass is 10.0. The second-order valence-electron chi connectivity index (χ2n) is 10.3. The summed E-state index contributed by atoms with van der Waals surface area (Å²) in [5.74, 6) is 1.53. The van der Waals surface area contributed by atoms with Crippen LogP contribution in [0.25, 0.3) is 0 Å². The molecule has 1 aliphatic rings. The maximum Gasteiger partial charge on any atom is 0.338 e. The van der Waals surface area contributed by atoms with Crippen molar-refractivity contribution in [3.05, 3.63) is 155 Å². The number of benzene rings is 5. The Morgan fingerprint density at radius 2 is 1.12 bits per heavy atom. The second-order valence-corrected chi connectivity index (χ2v) is 10.3. The molecule has 0 amide bonds. The molecular weight excluding hydrogens is 540 g/mol. The van der Waals surface area contributed by atoms with E-state index in [4.69, 9.17) is 23.7 Å². The normalized spacial score (nSPS) is 13.7. The maximum atomic E-state index is 13.5. The molecule has 6 heteroatoms. The Morgan fingerprint density at radius 3 is 1.67 bits per heavy atom. The lowest BCUT2D eigenvalue weighted by Crippen LogP contribution is -2.31. The van der Waals surface area contributed by atoms with Crippen molar-refractivity contribution in [2.24, 2.45) is 0 Å². The number of hydrogen-bond donors (Lipinski definition) is 0. The fourth-order valence-corrected chi connectivity index (χ4v) is 4.85. The largest absolute Gasteiger partial charge is 0.489 e.